The summed E-state index contributed by atoms with van der Waals surface area (Å²) in [6.07, 6.45) is 0. The molecule has 4 rings (SSSR count). The Hall–Kier alpha value is -3.85. The van der Waals surface area contributed by atoms with Gasteiger partial charge < -0.3 is 24.4 Å². The van der Waals surface area contributed by atoms with E-state index in [-0.39, 0.29) is 11.6 Å². The smallest absolute Gasteiger partial charge is 0.309 e. The first-order valence-electron chi connectivity index (χ1n) is 10.0. The van der Waals surface area contributed by atoms with Crippen molar-refractivity contribution in [3.63, 3.8) is 0 Å². The van der Waals surface area contributed by atoms with Gasteiger partial charge in [0.2, 0.25) is 0 Å². The van der Waals surface area contributed by atoms with E-state index < -0.39 is 11.9 Å². The molecule has 0 unspecified atom stereocenters. The van der Waals surface area contributed by atoms with Crippen LogP contribution in [0.15, 0.2) is 53.1 Å². The molecule has 9 heteroatoms. The van der Waals surface area contributed by atoms with Gasteiger partial charge in [-0.05, 0) is 17.7 Å². The summed E-state index contributed by atoms with van der Waals surface area (Å²) < 4.78 is 15.8. The Morgan fingerprint density at radius 3 is 2.47 bits per heavy atom. The van der Waals surface area contributed by atoms with Crippen LogP contribution < -0.4 is 14.8 Å². The number of likely N-dealkylation sites (tertiary alicyclic amines) is 1. The van der Waals surface area contributed by atoms with E-state index >= 15 is 0 Å². The number of hydrogen-bond acceptors (Lipinski definition) is 7. The Morgan fingerprint density at radius 1 is 1.09 bits per heavy atom. The van der Waals surface area contributed by atoms with Crippen LogP contribution in [0.2, 0.25) is 0 Å². The van der Waals surface area contributed by atoms with E-state index in [1.165, 1.54) is 7.11 Å². The van der Waals surface area contributed by atoms with Crippen molar-refractivity contribution in [3.8, 4) is 22.8 Å². The molecule has 166 valence electrons. The number of nitrogens with zero attached hydrogens (tertiary/aromatic N) is 2. The largest absolute Gasteiger partial charge is 0.493 e. The van der Waals surface area contributed by atoms with E-state index in [0.29, 0.717) is 42.6 Å². The molecule has 2 N–H and O–H groups in total. The van der Waals surface area contributed by atoms with Crippen LogP contribution in [0.1, 0.15) is 16.1 Å². The van der Waals surface area contributed by atoms with E-state index in [1.807, 2.05) is 24.3 Å². The van der Waals surface area contributed by atoms with Crippen LogP contribution in [0.5, 0.6) is 11.5 Å². The number of amides is 1. The Balaban J connectivity index is 1.38. The fourth-order valence-corrected chi connectivity index (χ4v) is 3.52. The summed E-state index contributed by atoms with van der Waals surface area (Å²) in [7, 11) is 3.06. The van der Waals surface area contributed by atoms with Gasteiger partial charge in [0.05, 0.1) is 20.1 Å². The van der Waals surface area contributed by atoms with Crippen LogP contribution in [-0.4, -0.2) is 54.3 Å². The molecule has 2 aromatic carbocycles. The van der Waals surface area contributed by atoms with Gasteiger partial charge in [-0.3, -0.25) is 14.5 Å². The van der Waals surface area contributed by atoms with Crippen LogP contribution in [-0.2, 0) is 11.3 Å². The van der Waals surface area contributed by atoms with E-state index in [1.54, 1.807) is 31.4 Å². The van der Waals surface area contributed by atoms with Gasteiger partial charge in [0, 0.05) is 43.0 Å². The van der Waals surface area contributed by atoms with Gasteiger partial charge in [-0.1, -0.05) is 29.4 Å². The molecule has 1 aromatic heterocycles. The van der Waals surface area contributed by atoms with Gasteiger partial charge in [0.15, 0.2) is 23.0 Å². The average Bonchev–Trinajstić information content (AvgIpc) is 3.26. The van der Waals surface area contributed by atoms with Gasteiger partial charge in [0.1, 0.15) is 0 Å². The fraction of sp³-hybridized carbons (Fsp3) is 0.261. The second-order valence-electron chi connectivity index (χ2n) is 7.53. The molecule has 0 radical (unpaired) electrons. The minimum absolute atomic E-state index is 0.152. The lowest BCUT2D eigenvalue weighted by atomic mass is 9.99. The number of hydrogen-bond donors (Lipinski definition) is 2. The van der Waals surface area contributed by atoms with E-state index in [9.17, 15) is 9.59 Å². The van der Waals surface area contributed by atoms with Crippen molar-refractivity contribution in [2.75, 3.05) is 32.6 Å². The van der Waals surface area contributed by atoms with Crippen molar-refractivity contribution in [3.05, 3.63) is 59.8 Å². The number of carboxylic acid groups (broad SMARTS) is 1. The minimum Gasteiger partial charge on any atom is -0.493 e. The molecule has 3 aromatic rings. The van der Waals surface area contributed by atoms with E-state index in [0.717, 1.165) is 11.1 Å². The predicted molar refractivity (Wildman–Crippen MR) is 116 cm³/mol. The molecule has 1 fully saturated rings. The van der Waals surface area contributed by atoms with Crippen LogP contribution in [0.25, 0.3) is 11.3 Å². The zero-order valence-electron chi connectivity index (χ0n) is 17.7. The number of nitrogens with one attached hydrogen (secondary N) is 1. The molecule has 1 saturated heterocycles. The topological polar surface area (TPSA) is 114 Å². The van der Waals surface area contributed by atoms with Crippen molar-refractivity contribution in [2.24, 2.45) is 5.92 Å². The number of rotatable bonds is 8. The Bertz CT molecular complexity index is 1120. The third-order valence-electron chi connectivity index (χ3n) is 5.34. The summed E-state index contributed by atoms with van der Waals surface area (Å²) in [6, 6.07) is 14.3. The second-order valence-corrected chi connectivity index (χ2v) is 7.53. The predicted octanol–water partition coefficient (Wildman–Crippen LogP) is 3.13. The van der Waals surface area contributed by atoms with Gasteiger partial charge >= 0.3 is 5.97 Å². The molecule has 0 saturated carbocycles. The van der Waals surface area contributed by atoms with Crippen LogP contribution >= 0.6 is 0 Å². The second kappa shape index (κ2) is 9.11. The Morgan fingerprint density at radius 2 is 1.81 bits per heavy atom. The number of carboxylic acids is 1. The lowest BCUT2D eigenvalue weighted by molar-refractivity contribution is -0.147. The Kier molecular flexibility index (Phi) is 6.09. The normalized spacial score (nSPS) is 13.9. The summed E-state index contributed by atoms with van der Waals surface area (Å²) in [5, 5.41) is 15.6. The molecule has 1 amide bonds. The van der Waals surface area contributed by atoms with Crippen LogP contribution in [0, 0.1) is 5.92 Å². The monoisotopic (exact) mass is 437 g/mol. The molecule has 0 aliphatic carbocycles. The van der Waals surface area contributed by atoms with Crippen LogP contribution in [0.4, 0.5) is 5.69 Å². The molecule has 9 nitrogen and oxygen atoms in total. The first kappa shape index (κ1) is 21.4. The highest BCUT2D eigenvalue weighted by Gasteiger charge is 2.32. The van der Waals surface area contributed by atoms with Crippen molar-refractivity contribution >= 4 is 17.6 Å². The lowest BCUT2D eigenvalue weighted by Gasteiger charge is -2.36. The summed E-state index contributed by atoms with van der Waals surface area (Å²) in [4.78, 5) is 25.5. The number of carbonyl (C=O) groups is 2. The zero-order chi connectivity index (χ0) is 22.7. The highest BCUT2D eigenvalue weighted by molar-refractivity contribution is 6.03. The summed E-state index contributed by atoms with van der Waals surface area (Å²) in [5.74, 6) is 0.120. The van der Waals surface area contributed by atoms with Crippen molar-refractivity contribution in [2.45, 2.75) is 6.54 Å². The lowest BCUT2D eigenvalue weighted by Crippen LogP contribution is -2.49. The molecule has 0 bridgehead atoms. The maximum absolute atomic E-state index is 12.5. The summed E-state index contributed by atoms with van der Waals surface area (Å²) >= 11 is 0. The number of aliphatic carboxylic acids is 1. The summed E-state index contributed by atoms with van der Waals surface area (Å²) in [6.45, 7) is 1.83. The quantitative estimate of drug-likeness (QED) is 0.553. The first-order valence-corrected chi connectivity index (χ1v) is 10.0. The standard InChI is InChI=1S/C23H23N3O6/c1-30-19-8-7-17(9-21(19)31-2)24-22(27)18-10-20(32-25-18)15-5-3-14(4-6-15)11-26-12-16(13-26)23(28)29/h3-10,16H,11-13H2,1-2H3,(H,24,27)(H,28,29). The maximum Gasteiger partial charge on any atom is 0.309 e. The number of aromatic nitrogens is 1. The van der Waals surface area contributed by atoms with Crippen molar-refractivity contribution in [1.82, 2.24) is 10.1 Å². The first-order chi connectivity index (χ1) is 15.5. The molecule has 0 atom stereocenters. The van der Waals surface area contributed by atoms with E-state index in [4.69, 9.17) is 19.1 Å². The molecular formula is C23H23N3O6. The van der Waals surface area contributed by atoms with Gasteiger partial charge in [-0.25, -0.2) is 0 Å². The molecule has 32 heavy (non-hydrogen) atoms. The molecule has 2 heterocycles. The van der Waals surface area contributed by atoms with Crippen molar-refractivity contribution in [1.29, 1.82) is 0 Å². The number of carbonyl (C=O) groups excluding carboxylic acids is 1. The van der Waals surface area contributed by atoms with Gasteiger partial charge in [-0.15, -0.1) is 0 Å². The minimum atomic E-state index is -0.743. The zero-order valence-corrected chi connectivity index (χ0v) is 17.7. The number of ether oxygens (including phenoxy) is 2. The highest BCUT2D eigenvalue weighted by Crippen LogP contribution is 2.30. The van der Waals surface area contributed by atoms with Crippen LogP contribution in [0.3, 0.4) is 0 Å². The molecule has 1 aliphatic rings. The van der Waals surface area contributed by atoms with E-state index in [2.05, 4.69) is 15.4 Å². The SMILES string of the molecule is COc1ccc(NC(=O)c2cc(-c3ccc(CN4CC(C(=O)O)C4)cc3)on2)cc1OC. The highest BCUT2D eigenvalue weighted by atomic mass is 16.5. The number of methoxy groups -OCH3 is 2. The average molecular weight is 437 g/mol. The maximum atomic E-state index is 12.5. The summed E-state index contributed by atoms with van der Waals surface area (Å²) in [5.41, 5.74) is 2.55. The molecular weight excluding hydrogens is 414 g/mol. The van der Waals surface area contributed by atoms with Gasteiger partial charge in [-0.2, -0.15) is 0 Å². The Labute approximate surface area is 184 Å². The van der Waals surface area contributed by atoms with Gasteiger partial charge in [0.25, 0.3) is 5.91 Å². The van der Waals surface area contributed by atoms with Crippen molar-refractivity contribution < 1.29 is 28.7 Å². The third-order valence-corrected chi connectivity index (χ3v) is 5.34. The fourth-order valence-electron chi connectivity index (χ4n) is 3.52. The third kappa shape index (κ3) is 4.57. The molecule has 1 aliphatic heterocycles. The molecule has 0 spiro atoms. The number of anilines is 1. The number of benzene rings is 2.